The topological polar surface area (TPSA) is 47.3 Å². The van der Waals surface area contributed by atoms with Crippen LogP contribution in [0.4, 0.5) is 10.1 Å². The third kappa shape index (κ3) is 3.36. The van der Waals surface area contributed by atoms with E-state index in [9.17, 15) is 4.39 Å². The molecule has 1 rings (SSSR count). The summed E-state index contributed by atoms with van der Waals surface area (Å²) in [6, 6.07) is 4.53. The zero-order chi connectivity index (χ0) is 11.4. The van der Waals surface area contributed by atoms with Crippen molar-refractivity contribution in [3.63, 3.8) is 0 Å². The summed E-state index contributed by atoms with van der Waals surface area (Å²) in [7, 11) is 0. The van der Waals surface area contributed by atoms with E-state index in [-0.39, 0.29) is 17.0 Å². The highest BCUT2D eigenvalue weighted by Gasteiger charge is 2.11. The van der Waals surface area contributed by atoms with Crippen molar-refractivity contribution in [3.8, 4) is 5.75 Å². The van der Waals surface area contributed by atoms with E-state index in [4.69, 9.17) is 10.5 Å². The summed E-state index contributed by atoms with van der Waals surface area (Å²) in [5.41, 5.74) is 5.76. The predicted molar refractivity (Wildman–Crippen MR) is 62.6 cm³/mol. The largest absolute Gasteiger partial charge is 0.486 e. The molecule has 0 aliphatic rings. The van der Waals surface area contributed by atoms with Crippen LogP contribution in [0.25, 0.3) is 0 Å². The molecule has 0 aromatic heterocycles. The standard InChI is InChI=1S/C10H13FN2OS/c1-6(2)14-9-7(11)4-3-5-8(9)13-10(12)15/h3-6H,1-2H3,(H3,12,13,15). The molecule has 0 fully saturated rings. The zero-order valence-electron chi connectivity index (χ0n) is 8.58. The quantitative estimate of drug-likeness (QED) is 0.779. The minimum absolute atomic E-state index is 0.0780. The summed E-state index contributed by atoms with van der Waals surface area (Å²) in [6.45, 7) is 3.63. The van der Waals surface area contributed by atoms with Gasteiger partial charge in [-0.15, -0.1) is 0 Å². The molecule has 15 heavy (non-hydrogen) atoms. The Balaban J connectivity index is 3.02. The Kier molecular flexibility index (Phi) is 3.85. The van der Waals surface area contributed by atoms with Crippen LogP contribution < -0.4 is 15.8 Å². The molecular formula is C10H13FN2OS. The van der Waals surface area contributed by atoms with Gasteiger partial charge in [0.1, 0.15) is 0 Å². The molecule has 1 aromatic rings. The predicted octanol–water partition coefficient (Wildman–Crippen LogP) is 2.27. The van der Waals surface area contributed by atoms with Crippen molar-refractivity contribution in [1.82, 2.24) is 0 Å². The molecule has 1 aromatic carbocycles. The number of hydrogen-bond donors (Lipinski definition) is 2. The van der Waals surface area contributed by atoms with Gasteiger partial charge in [0.25, 0.3) is 0 Å². The van der Waals surface area contributed by atoms with Gasteiger partial charge in [0, 0.05) is 0 Å². The number of anilines is 1. The lowest BCUT2D eigenvalue weighted by atomic mass is 10.2. The van der Waals surface area contributed by atoms with Gasteiger partial charge in [0.05, 0.1) is 11.8 Å². The molecule has 5 heteroatoms. The van der Waals surface area contributed by atoms with Gasteiger partial charge in [-0.25, -0.2) is 4.39 Å². The maximum absolute atomic E-state index is 13.4. The average molecular weight is 228 g/mol. The van der Waals surface area contributed by atoms with Crippen molar-refractivity contribution in [2.24, 2.45) is 5.73 Å². The van der Waals surface area contributed by atoms with Gasteiger partial charge in [0.2, 0.25) is 0 Å². The number of benzene rings is 1. The summed E-state index contributed by atoms with van der Waals surface area (Å²) < 4.78 is 18.7. The molecule has 0 aliphatic heterocycles. The minimum Gasteiger partial charge on any atom is -0.486 e. The first-order chi connectivity index (χ1) is 7.00. The van der Waals surface area contributed by atoms with Crippen LogP contribution in [0, 0.1) is 5.82 Å². The molecule has 3 N–H and O–H groups in total. The molecule has 3 nitrogen and oxygen atoms in total. The number of ether oxygens (including phenoxy) is 1. The van der Waals surface area contributed by atoms with Gasteiger partial charge in [-0.3, -0.25) is 0 Å². The number of nitrogens with one attached hydrogen (secondary N) is 1. The molecule has 0 saturated carbocycles. The first kappa shape index (κ1) is 11.7. The Morgan fingerprint density at radius 2 is 2.20 bits per heavy atom. The Hall–Kier alpha value is -1.36. The molecule has 0 radical (unpaired) electrons. The number of rotatable bonds is 3. The van der Waals surface area contributed by atoms with Crippen LogP contribution in [-0.4, -0.2) is 11.2 Å². The lowest BCUT2D eigenvalue weighted by Crippen LogP contribution is -2.20. The highest BCUT2D eigenvalue weighted by molar-refractivity contribution is 7.80. The Morgan fingerprint density at radius 1 is 1.53 bits per heavy atom. The lowest BCUT2D eigenvalue weighted by Gasteiger charge is -2.15. The Bertz CT molecular complexity index is 368. The normalized spacial score (nSPS) is 10.1. The second-order valence-electron chi connectivity index (χ2n) is 3.27. The Morgan fingerprint density at radius 3 is 2.73 bits per heavy atom. The highest BCUT2D eigenvalue weighted by atomic mass is 32.1. The van der Waals surface area contributed by atoms with E-state index in [1.807, 2.05) is 13.8 Å². The van der Waals surface area contributed by atoms with Crippen LogP contribution in [-0.2, 0) is 0 Å². The maximum atomic E-state index is 13.4. The molecule has 0 amide bonds. The van der Waals surface area contributed by atoms with Gasteiger partial charge >= 0.3 is 0 Å². The van der Waals surface area contributed by atoms with Crippen molar-refractivity contribution in [2.45, 2.75) is 20.0 Å². The fourth-order valence-corrected chi connectivity index (χ4v) is 1.21. The number of hydrogen-bond acceptors (Lipinski definition) is 2. The summed E-state index contributed by atoms with van der Waals surface area (Å²) >= 11 is 4.68. The fraction of sp³-hybridized carbons (Fsp3) is 0.300. The Labute approximate surface area is 93.4 Å². The van der Waals surface area contributed by atoms with E-state index in [1.54, 1.807) is 12.1 Å². The lowest BCUT2D eigenvalue weighted by molar-refractivity contribution is 0.232. The second-order valence-corrected chi connectivity index (χ2v) is 3.71. The molecule has 0 atom stereocenters. The van der Waals surface area contributed by atoms with Gasteiger partial charge in [0.15, 0.2) is 16.7 Å². The van der Waals surface area contributed by atoms with E-state index in [0.717, 1.165) is 0 Å². The molecule has 0 heterocycles. The zero-order valence-corrected chi connectivity index (χ0v) is 9.40. The van der Waals surface area contributed by atoms with Crippen LogP contribution in [0.3, 0.4) is 0 Å². The van der Waals surface area contributed by atoms with E-state index in [2.05, 4.69) is 17.5 Å². The summed E-state index contributed by atoms with van der Waals surface area (Å²) in [6.07, 6.45) is -0.117. The minimum atomic E-state index is -0.440. The van der Waals surface area contributed by atoms with Crippen LogP contribution in [0.15, 0.2) is 18.2 Å². The number of para-hydroxylation sites is 1. The SMILES string of the molecule is CC(C)Oc1c(F)cccc1NC(N)=S. The smallest absolute Gasteiger partial charge is 0.178 e. The fourth-order valence-electron chi connectivity index (χ4n) is 1.10. The van der Waals surface area contributed by atoms with Crippen molar-refractivity contribution in [2.75, 3.05) is 5.32 Å². The molecule has 0 unspecified atom stereocenters. The third-order valence-electron chi connectivity index (χ3n) is 1.58. The van der Waals surface area contributed by atoms with E-state index in [0.29, 0.717) is 5.69 Å². The summed E-state index contributed by atoms with van der Waals surface area (Å²) in [5, 5.41) is 2.74. The molecule has 0 aliphatic carbocycles. The van der Waals surface area contributed by atoms with Crippen LogP contribution in [0.5, 0.6) is 5.75 Å². The molecule has 0 saturated heterocycles. The molecular weight excluding hydrogens is 215 g/mol. The van der Waals surface area contributed by atoms with Gasteiger partial charge in [-0.2, -0.15) is 0 Å². The van der Waals surface area contributed by atoms with E-state index < -0.39 is 5.82 Å². The number of nitrogens with two attached hydrogens (primary N) is 1. The number of thiocarbonyl (C=S) groups is 1. The van der Waals surface area contributed by atoms with Gasteiger partial charge < -0.3 is 15.8 Å². The number of halogens is 1. The highest BCUT2D eigenvalue weighted by Crippen LogP contribution is 2.28. The van der Waals surface area contributed by atoms with Crippen LogP contribution in [0.1, 0.15) is 13.8 Å². The molecule has 0 bridgehead atoms. The molecule has 0 spiro atoms. The summed E-state index contributed by atoms with van der Waals surface area (Å²) in [5.74, 6) is -0.301. The van der Waals surface area contributed by atoms with Gasteiger partial charge in [-0.05, 0) is 38.2 Å². The van der Waals surface area contributed by atoms with Crippen molar-refractivity contribution in [3.05, 3.63) is 24.0 Å². The van der Waals surface area contributed by atoms with E-state index >= 15 is 0 Å². The molecule has 82 valence electrons. The monoisotopic (exact) mass is 228 g/mol. The average Bonchev–Trinajstić information content (AvgIpc) is 2.09. The van der Waals surface area contributed by atoms with Crippen molar-refractivity contribution in [1.29, 1.82) is 0 Å². The third-order valence-corrected chi connectivity index (χ3v) is 1.68. The van der Waals surface area contributed by atoms with Crippen molar-refractivity contribution < 1.29 is 9.13 Å². The van der Waals surface area contributed by atoms with Gasteiger partial charge in [-0.1, -0.05) is 6.07 Å². The van der Waals surface area contributed by atoms with Crippen molar-refractivity contribution >= 4 is 23.0 Å². The maximum Gasteiger partial charge on any atom is 0.178 e. The second kappa shape index (κ2) is 4.93. The first-order valence-electron chi connectivity index (χ1n) is 4.52. The van der Waals surface area contributed by atoms with Crippen LogP contribution >= 0.6 is 12.2 Å². The first-order valence-corrected chi connectivity index (χ1v) is 4.93. The van der Waals surface area contributed by atoms with Crippen LogP contribution in [0.2, 0.25) is 0 Å². The van der Waals surface area contributed by atoms with E-state index in [1.165, 1.54) is 6.07 Å². The summed E-state index contributed by atoms with van der Waals surface area (Å²) in [4.78, 5) is 0.